The molecular formula is C17H20O6S. The lowest BCUT2D eigenvalue weighted by molar-refractivity contribution is -0.0793. The molecule has 130 valence electrons. The van der Waals surface area contributed by atoms with Gasteiger partial charge in [-0.25, -0.2) is 13.2 Å². The highest BCUT2D eigenvalue weighted by Crippen LogP contribution is 2.37. The molecule has 0 saturated carbocycles. The molecule has 0 bridgehead atoms. The first-order chi connectivity index (χ1) is 11.1. The fourth-order valence-electron chi connectivity index (χ4n) is 2.79. The highest BCUT2D eigenvalue weighted by molar-refractivity contribution is 7.90. The first-order valence-corrected chi connectivity index (χ1v) is 9.75. The van der Waals surface area contributed by atoms with Crippen molar-refractivity contribution >= 4 is 20.8 Å². The minimum absolute atomic E-state index is 0.0185. The summed E-state index contributed by atoms with van der Waals surface area (Å²) >= 11 is 0. The average Bonchev–Trinajstić information content (AvgIpc) is 2.44. The summed E-state index contributed by atoms with van der Waals surface area (Å²) in [7, 11) is -3.06. The predicted molar refractivity (Wildman–Crippen MR) is 90.3 cm³/mol. The molecule has 0 N–H and O–H groups in total. The van der Waals surface area contributed by atoms with Crippen LogP contribution in [0.4, 0.5) is 0 Å². The Morgan fingerprint density at radius 3 is 2.75 bits per heavy atom. The smallest absolute Gasteiger partial charge is 0.336 e. The van der Waals surface area contributed by atoms with Gasteiger partial charge in [0.2, 0.25) is 0 Å². The number of sulfone groups is 1. The van der Waals surface area contributed by atoms with E-state index < -0.39 is 21.1 Å². The van der Waals surface area contributed by atoms with Crippen molar-refractivity contribution in [2.45, 2.75) is 32.0 Å². The Balaban J connectivity index is 1.87. The van der Waals surface area contributed by atoms with Crippen LogP contribution >= 0.6 is 0 Å². The molecule has 2 heterocycles. The quantitative estimate of drug-likeness (QED) is 0.782. The third kappa shape index (κ3) is 3.62. The number of benzene rings is 1. The van der Waals surface area contributed by atoms with Crippen molar-refractivity contribution in [2.75, 3.05) is 18.6 Å². The van der Waals surface area contributed by atoms with Gasteiger partial charge in [0.15, 0.2) is 0 Å². The monoisotopic (exact) mass is 352 g/mol. The molecule has 2 aromatic rings. The Morgan fingerprint density at radius 1 is 1.29 bits per heavy atom. The molecule has 3 rings (SSSR count). The summed E-state index contributed by atoms with van der Waals surface area (Å²) < 4.78 is 39.5. The highest BCUT2D eigenvalue weighted by Gasteiger charge is 2.38. The molecule has 0 saturated heterocycles. The van der Waals surface area contributed by atoms with Crippen molar-refractivity contribution in [3.63, 3.8) is 0 Å². The Kier molecular flexibility index (Phi) is 4.17. The third-order valence-electron chi connectivity index (χ3n) is 4.13. The fourth-order valence-corrected chi connectivity index (χ4v) is 3.19. The molecule has 1 aromatic heterocycles. The molecule has 0 aliphatic carbocycles. The molecule has 0 fully saturated rings. The molecule has 7 heteroatoms. The van der Waals surface area contributed by atoms with Gasteiger partial charge in [-0.2, -0.15) is 0 Å². The minimum Gasteiger partial charge on any atom is -0.485 e. The lowest BCUT2D eigenvalue weighted by Gasteiger charge is -2.39. The van der Waals surface area contributed by atoms with E-state index >= 15 is 0 Å². The number of hydrogen-bond donors (Lipinski definition) is 0. The Labute approximate surface area is 140 Å². The summed E-state index contributed by atoms with van der Waals surface area (Å²) in [6.07, 6.45) is 1.52. The van der Waals surface area contributed by atoms with Crippen LogP contribution in [0, 0.1) is 0 Å². The Hall–Kier alpha value is -1.86. The molecule has 0 unspecified atom stereocenters. The predicted octanol–water partition coefficient (Wildman–Crippen LogP) is 1.94. The standard InChI is InChI=1S/C17H20O6S/c1-17(2)15(21-6-7-24(3,19)20)9-12-8-11-4-5-16(18)22-13(11)10-14(12)23-17/h4-5,8,10,15H,6-7,9H2,1-3H3/t15-/m0/s1. The van der Waals surface area contributed by atoms with Gasteiger partial charge in [0, 0.05) is 30.2 Å². The second kappa shape index (κ2) is 5.89. The second-order valence-electron chi connectivity index (χ2n) is 6.65. The van der Waals surface area contributed by atoms with E-state index in [0.717, 1.165) is 10.9 Å². The van der Waals surface area contributed by atoms with E-state index in [4.69, 9.17) is 13.9 Å². The topological polar surface area (TPSA) is 82.8 Å². The lowest BCUT2D eigenvalue weighted by atomic mass is 9.90. The highest BCUT2D eigenvalue weighted by atomic mass is 32.2. The van der Waals surface area contributed by atoms with Gasteiger partial charge in [0.05, 0.1) is 12.4 Å². The maximum atomic E-state index is 11.4. The van der Waals surface area contributed by atoms with Gasteiger partial charge in [0.1, 0.15) is 32.9 Å². The van der Waals surface area contributed by atoms with Crippen LogP contribution in [-0.4, -0.2) is 38.7 Å². The summed E-state index contributed by atoms with van der Waals surface area (Å²) in [6, 6.07) is 6.72. The summed E-state index contributed by atoms with van der Waals surface area (Å²) in [5.74, 6) is 0.639. The first kappa shape index (κ1) is 17.0. The zero-order valence-corrected chi connectivity index (χ0v) is 14.7. The van der Waals surface area contributed by atoms with E-state index in [9.17, 15) is 13.2 Å². The zero-order chi connectivity index (χ0) is 17.5. The molecule has 1 aromatic carbocycles. The van der Waals surface area contributed by atoms with E-state index in [1.165, 1.54) is 12.3 Å². The van der Waals surface area contributed by atoms with E-state index in [-0.39, 0.29) is 18.5 Å². The summed E-state index contributed by atoms with van der Waals surface area (Å²) in [5.41, 5.74) is 0.404. The van der Waals surface area contributed by atoms with Crippen LogP contribution in [0.2, 0.25) is 0 Å². The lowest BCUT2D eigenvalue weighted by Crippen LogP contribution is -2.48. The van der Waals surface area contributed by atoms with E-state index in [1.807, 2.05) is 19.9 Å². The van der Waals surface area contributed by atoms with Crippen LogP contribution in [0.1, 0.15) is 19.4 Å². The van der Waals surface area contributed by atoms with Gasteiger partial charge in [-0.1, -0.05) is 0 Å². The van der Waals surface area contributed by atoms with Crippen molar-refractivity contribution in [1.82, 2.24) is 0 Å². The van der Waals surface area contributed by atoms with Crippen LogP contribution in [-0.2, 0) is 21.0 Å². The van der Waals surface area contributed by atoms with Crippen LogP contribution in [0.25, 0.3) is 11.0 Å². The summed E-state index contributed by atoms with van der Waals surface area (Å²) in [5, 5.41) is 0.812. The van der Waals surface area contributed by atoms with Gasteiger partial charge in [0.25, 0.3) is 0 Å². The molecule has 0 spiro atoms. The zero-order valence-electron chi connectivity index (χ0n) is 13.9. The summed E-state index contributed by atoms with van der Waals surface area (Å²) in [6.45, 7) is 3.92. The van der Waals surface area contributed by atoms with E-state index in [2.05, 4.69) is 0 Å². The maximum absolute atomic E-state index is 11.4. The fraction of sp³-hybridized carbons (Fsp3) is 0.471. The number of ether oxygens (including phenoxy) is 2. The molecule has 1 atom stereocenters. The van der Waals surface area contributed by atoms with Crippen LogP contribution in [0.3, 0.4) is 0 Å². The number of fused-ring (bicyclic) bond motifs is 2. The molecule has 1 aliphatic rings. The largest absolute Gasteiger partial charge is 0.485 e. The van der Waals surface area contributed by atoms with Gasteiger partial charge in [-0.05, 0) is 31.5 Å². The maximum Gasteiger partial charge on any atom is 0.336 e. The molecule has 24 heavy (non-hydrogen) atoms. The SMILES string of the molecule is CC1(C)Oc2cc3oc(=O)ccc3cc2C[C@@H]1OCCS(C)(=O)=O. The van der Waals surface area contributed by atoms with Crippen molar-refractivity contribution in [1.29, 1.82) is 0 Å². The second-order valence-corrected chi connectivity index (χ2v) is 8.91. The van der Waals surface area contributed by atoms with Crippen LogP contribution in [0.15, 0.2) is 33.5 Å². The van der Waals surface area contributed by atoms with Crippen LogP contribution < -0.4 is 10.4 Å². The van der Waals surface area contributed by atoms with E-state index in [1.54, 1.807) is 12.1 Å². The molecule has 6 nitrogen and oxygen atoms in total. The van der Waals surface area contributed by atoms with Gasteiger partial charge in [-0.3, -0.25) is 0 Å². The van der Waals surface area contributed by atoms with Gasteiger partial charge >= 0.3 is 5.63 Å². The summed E-state index contributed by atoms with van der Waals surface area (Å²) in [4.78, 5) is 11.4. The molecule has 0 radical (unpaired) electrons. The first-order valence-electron chi connectivity index (χ1n) is 7.69. The van der Waals surface area contributed by atoms with Crippen molar-refractivity contribution in [2.24, 2.45) is 0 Å². The van der Waals surface area contributed by atoms with Crippen molar-refractivity contribution in [3.8, 4) is 5.75 Å². The van der Waals surface area contributed by atoms with Crippen molar-refractivity contribution in [3.05, 3.63) is 40.2 Å². The van der Waals surface area contributed by atoms with Gasteiger partial charge < -0.3 is 13.9 Å². The van der Waals surface area contributed by atoms with Crippen LogP contribution in [0.5, 0.6) is 5.75 Å². The Morgan fingerprint density at radius 2 is 2.04 bits per heavy atom. The molecular weight excluding hydrogens is 332 g/mol. The van der Waals surface area contributed by atoms with Gasteiger partial charge in [-0.15, -0.1) is 0 Å². The Bertz CT molecular complexity index is 926. The van der Waals surface area contributed by atoms with Crippen molar-refractivity contribution < 1.29 is 22.3 Å². The number of rotatable bonds is 4. The third-order valence-corrected chi connectivity index (χ3v) is 5.04. The minimum atomic E-state index is -3.06. The van der Waals surface area contributed by atoms with E-state index in [0.29, 0.717) is 17.8 Å². The normalized spacial score (nSPS) is 19.7. The molecule has 0 amide bonds. The average molecular weight is 352 g/mol. The number of hydrogen-bond acceptors (Lipinski definition) is 6. The molecule has 1 aliphatic heterocycles.